The largest absolute Gasteiger partial charge is 0.573 e. The van der Waals surface area contributed by atoms with Gasteiger partial charge in [0, 0.05) is 5.38 Å². The molecule has 0 unspecified atom stereocenters. The second kappa shape index (κ2) is 8.40. The number of thiophene rings is 1. The summed E-state index contributed by atoms with van der Waals surface area (Å²) in [6.07, 6.45) is -5.04. The summed E-state index contributed by atoms with van der Waals surface area (Å²) < 4.78 is 41.2. The minimum Gasteiger partial charge on any atom is -0.404 e. The van der Waals surface area contributed by atoms with Crippen molar-refractivity contribution in [3.05, 3.63) is 57.7 Å². The predicted octanol–water partition coefficient (Wildman–Crippen LogP) is 4.54. The number of anilines is 2. The van der Waals surface area contributed by atoms with Crippen LogP contribution < -0.4 is 15.4 Å². The van der Waals surface area contributed by atoms with E-state index in [9.17, 15) is 22.8 Å². The zero-order valence-corrected chi connectivity index (χ0v) is 15.6. The Bertz CT molecular complexity index is 971. The first-order chi connectivity index (χ1) is 13.3. The van der Waals surface area contributed by atoms with Gasteiger partial charge in [0.15, 0.2) is 10.9 Å². The molecular formula is C17H12F3N3O3S2. The van der Waals surface area contributed by atoms with Gasteiger partial charge in [-0.25, -0.2) is 4.98 Å². The van der Waals surface area contributed by atoms with E-state index in [1.165, 1.54) is 29.5 Å². The van der Waals surface area contributed by atoms with Crippen molar-refractivity contribution in [3.8, 4) is 5.75 Å². The van der Waals surface area contributed by atoms with Gasteiger partial charge >= 0.3 is 6.36 Å². The fraction of sp³-hybridized carbons (Fsp3) is 0.118. The van der Waals surface area contributed by atoms with Gasteiger partial charge in [0.1, 0.15) is 0 Å². The molecule has 28 heavy (non-hydrogen) atoms. The molecule has 0 saturated carbocycles. The molecule has 0 radical (unpaired) electrons. The normalized spacial score (nSPS) is 11.1. The summed E-state index contributed by atoms with van der Waals surface area (Å²) in [5.74, 6) is -1.39. The van der Waals surface area contributed by atoms with Gasteiger partial charge in [-0.1, -0.05) is 18.2 Å². The van der Waals surface area contributed by atoms with Crippen LogP contribution in [-0.2, 0) is 11.2 Å². The number of rotatable bonds is 6. The molecule has 2 aromatic heterocycles. The molecule has 0 aliphatic heterocycles. The van der Waals surface area contributed by atoms with E-state index >= 15 is 0 Å². The molecule has 0 spiro atoms. The van der Waals surface area contributed by atoms with Crippen LogP contribution in [0.3, 0.4) is 0 Å². The summed E-state index contributed by atoms with van der Waals surface area (Å²) in [4.78, 5) is 28.8. The Balaban J connectivity index is 1.60. The van der Waals surface area contributed by atoms with E-state index < -0.39 is 18.0 Å². The molecule has 3 aromatic rings. The molecule has 0 saturated heterocycles. The molecule has 3 rings (SSSR count). The second-order valence-corrected chi connectivity index (χ2v) is 7.15. The molecule has 0 fully saturated rings. The number of thiazole rings is 1. The number of nitrogens with one attached hydrogen (secondary N) is 2. The molecular weight excluding hydrogens is 415 g/mol. The molecule has 146 valence electrons. The molecule has 2 heterocycles. The van der Waals surface area contributed by atoms with Gasteiger partial charge < -0.3 is 10.1 Å². The van der Waals surface area contributed by atoms with Crippen molar-refractivity contribution in [1.82, 2.24) is 4.98 Å². The standard InChI is InChI=1S/C17H12F3N3O3S2/c18-17(19,20)26-12-5-2-1-4-11(12)22-14(24)8-10-9-28-16(21-10)23-15(25)13-6-3-7-27-13/h1-7,9H,8H2,(H,22,24)(H,21,23,25). The van der Waals surface area contributed by atoms with E-state index in [0.29, 0.717) is 15.7 Å². The van der Waals surface area contributed by atoms with Crippen LogP contribution >= 0.6 is 22.7 Å². The van der Waals surface area contributed by atoms with Crippen molar-refractivity contribution in [1.29, 1.82) is 0 Å². The van der Waals surface area contributed by atoms with Crippen LogP contribution in [0.5, 0.6) is 5.75 Å². The molecule has 2 N–H and O–H groups in total. The Morgan fingerprint density at radius 3 is 2.57 bits per heavy atom. The molecule has 6 nitrogen and oxygen atoms in total. The Morgan fingerprint density at radius 1 is 1.07 bits per heavy atom. The fourth-order valence-corrected chi connectivity index (χ4v) is 3.48. The quantitative estimate of drug-likeness (QED) is 0.606. The topological polar surface area (TPSA) is 80.3 Å². The number of carbonyl (C=O) groups excluding carboxylic acids is 2. The van der Waals surface area contributed by atoms with E-state index in [4.69, 9.17) is 0 Å². The molecule has 11 heteroatoms. The van der Waals surface area contributed by atoms with Gasteiger partial charge in [-0.15, -0.1) is 35.8 Å². The first-order valence-electron chi connectivity index (χ1n) is 7.74. The lowest BCUT2D eigenvalue weighted by Crippen LogP contribution is -2.20. The average Bonchev–Trinajstić information content (AvgIpc) is 3.27. The lowest BCUT2D eigenvalue weighted by atomic mass is 10.2. The Morgan fingerprint density at radius 2 is 1.86 bits per heavy atom. The van der Waals surface area contributed by atoms with Crippen LogP contribution in [0.25, 0.3) is 0 Å². The fourth-order valence-electron chi connectivity index (χ4n) is 2.15. The van der Waals surface area contributed by atoms with Gasteiger partial charge in [0.25, 0.3) is 5.91 Å². The number of benzene rings is 1. The van der Waals surface area contributed by atoms with Crippen LogP contribution in [0.1, 0.15) is 15.4 Å². The number of aromatic nitrogens is 1. The molecule has 1 aromatic carbocycles. The highest BCUT2D eigenvalue weighted by molar-refractivity contribution is 7.14. The number of ether oxygens (including phenoxy) is 1. The van der Waals surface area contributed by atoms with Gasteiger partial charge in [-0.05, 0) is 23.6 Å². The van der Waals surface area contributed by atoms with Gasteiger partial charge in [-0.3, -0.25) is 14.9 Å². The smallest absolute Gasteiger partial charge is 0.404 e. The molecule has 0 aliphatic carbocycles. The number of nitrogens with zero attached hydrogens (tertiary/aromatic N) is 1. The Kier molecular flexibility index (Phi) is 5.95. The highest BCUT2D eigenvalue weighted by atomic mass is 32.1. The van der Waals surface area contributed by atoms with Crippen LogP contribution in [-0.4, -0.2) is 23.2 Å². The van der Waals surface area contributed by atoms with Crippen molar-refractivity contribution in [2.75, 3.05) is 10.6 Å². The number of alkyl halides is 3. The number of hydrogen-bond donors (Lipinski definition) is 2. The summed E-state index contributed by atoms with van der Waals surface area (Å²) >= 11 is 2.43. The van der Waals surface area contributed by atoms with E-state index in [2.05, 4.69) is 20.4 Å². The second-order valence-electron chi connectivity index (χ2n) is 5.34. The Hall–Kier alpha value is -2.92. The number of hydrogen-bond acceptors (Lipinski definition) is 6. The third-order valence-electron chi connectivity index (χ3n) is 3.25. The highest BCUT2D eigenvalue weighted by Gasteiger charge is 2.32. The maximum Gasteiger partial charge on any atom is 0.573 e. The summed E-state index contributed by atoms with van der Waals surface area (Å²) in [7, 11) is 0. The van der Waals surface area contributed by atoms with Crippen LogP contribution in [0.15, 0.2) is 47.2 Å². The van der Waals surface area contributed by atoms with E-state index in [1.807, 2.05) is 0 Å². The first kappa shape index (κ1) is 19.8. The number of para-hydroxylation sites is 2. The third kappa shape index (κ3) is 5.54. The SMILES string of the molecule is O=C(Cc1csc(NC(=O)c2cccs2)n1)Nc1ccccc1OC(F)(F)F. The maximum absolute atomic E-state index is 12.4. The average molecular weight is 427 g/mol. The third-order valence-corrected chi connectivity index (χ3v) is 4.92. The maximum atomic E-state index is 12.4. The van der Waals surface area contributed by atoms with Crippen molar-refractivity contribution < 1.29 is 27.5 Å². The minimum atomic E-state index is -4.87. The van der Waals surface area contributed by atoms with E-state index in [1.54, 1.807) is 22.9 Å². The monoisotopic (exact) mass is 427 g/mol. The minimum absolute atomic E-state index is 0.105. The van der Waals surface area contributed by atoms with Crippen LogP contribution in [0, 0.1) is 0 Å². The lowest BCUT2D eigenvalue weighted by molar-refractivity contribution is -0.274. The number of amides is 2. The van der Waals surface area contributed by atoms with Crippen molar-refractivity contribution in [2.45, 2.75) is 12.8 Å². The highest BCUT2D eigenvalue weighted by Crippen LogP contribution is 2.30. The predicted molar refractivity (Wildman–Crippen MR) is 99.8 cm³/mol. The molecule has 2 amide bonds. The lowest BCUT2D eigenvalue weighted by Gasteiger charge is -2.13. The van der Waals surface area contributed by atoms with Gasteiger partial charge in [0.05, 0.1) is 22.7 Å². The summed E-state index contributed by atoms with van der Waals surface area (Å²) in [6.45, 7) is 0. The number of halogens is 3. The first-order valence-corrected chi connectivity index (χ1v) is 9.50. The summed E-state index contributed by atoms with van der Waals surface area (Å²) in [5, 5.41) is 8.67. The molecule has 0 atom stereocenters. The summed E-state index contributed by atoms with van der Waals surface area (Å²) in [5.41, 5.74) is 0.268. The van der Waals surface area contributed by atoms with E-state index in [-0.39, 0.29) is 18.0 Å². The van der Waals surface area contributed by atoms with Crippen LogP contribution in [0.2, 0.25) is 0 Å². The molecule has 0 aliphatic rings. The zero-order chi connectivity index (χ0) is 20.1. The molecule has 0 bridgehead atoms. The summed E-state index contributed by atoms with van der Waals surface area (Å²) in [6, 6.07) is 8.65. The van der Waals surface area contributed by atoms with Crippen molar-refractivity contribution in [2.24, 2.45) is 0 Å². The van der Waals surface area contributed by atoms with E-state index in [0.717, 1.165) is 17.4 Å². The number of carbonyl (C=O) groups is 2. The van der Waals surface area contributed by atoms with Crippen molar-refractivity contribution >= 4 is 45.3 Å². The van der Waals surface area contributed by atoms with Crippen molar-refractivity contribution in [3.63, 3.8) is 0 Å². The van der Waals surface area contributed by atoms with Gasteiger partial charge in [-0.2, -0.15) is 0 Å². The Labute approximate surface area is 165 Å². The van der Waals surface area contributed by atoms with Gasteiger partial charge in [0.2, 0.25) is 5.91 Å². The van der Waals surface area contributed by atoms with Crippen LogP contribution in [0.4, 0.5) is 24.0 Å². The zero-order valence-electron chi connectivity index (χ0n) is 13.9.